The zero-order valence-electron chi connectivity index (χ0n) is 74.1. The van der Waals surface area contributed by atoms with Crippen molar-refractivity contribution in [3.8, 4) is 29.4 Å². The van der Waals surface area contributed by atoms with Crippen molar-refractivity contribution >= 4 is 22.3 Å². The number of halogens is 12. The Labute approximate surface area is 765 Å². The van der Waals surface area contributed by atoms with Gasteiger partial charge in [-0.3, -0.25) is 64.8 Å². The molecule has 9 aliphatic rings. The summed E-state index contributed by atoms with van der Waals surface area (Å²) in [7, 11) is 0. The number of aromatic amines is 10. The fourth-order valence-electron chi connectivity index (χ4n) is 19.0. The van der Waals surface area contributed by atoms with E-state index < -0.39 is 47.1 Å². The molecule has 0 atom stereocenters. The van der Waals surface area contributed by atoms with Gasteiger partial charge in [-0.05, 0) is 207 Å². The number of benzene rings is 1. The van der Waals surface area contributed by atoms with Gasteiger partial charge >= 0.3 is 18.5 Å². The summed E-state index contributed by atoms with van der Waals surface area (Å²) in [4.78, 5) is 88.8. The Kier molecular flexibility index (Phi) is 28.0. The zero-order chi connectivity index (χ0) is 94.7. The van der Waals surface area contributed by atoms with Gasteiger partial charge in [0.1, 0.15) is 22.9 Å². The van der Waals surface area contributed by atoms with Crippen LogP contribution in [0.25, 0.3) is 51.7 Å². The van der Waals surface area contributed by atoms with E-state index in [9.17, 15) is 76.7 Å². The summed E-state index contributed by atoms with van der Waals surface area (Å²) in [6, 6.07) is 15.9. The maximum Gasteiger partial charge on any atom is 0.432 e. The molecule has 0 unspecified atom stereocenters. The third kappa shape index (κ3) is 21.9. The maximum absolute atomic E-state index is 13.5. The van der Waals surface area contributed by atoms with Gasteiger partial charge in [-0.25, -0.2) is 23.1 Å². The van der Waals surface area contributed by atoms with E-state index in [1.165, 1.54) is 16.8 Å². The molecular weight excluding hydrogens is 1810 g/mol. The highest BCUT2D eigenvalue weighted by molar-refractivity contribution is 5.72. The largest absolute Gasteiger partial charge is 0.432 e. The van der Waals surface area contributed by atoms with Crippen molar-refractivity contribution in [3.63, 3.8) is 0 Å². The molecule has 12 aromatic heterocycles. The first-order chi connectivity index (χ1) is 65.5. The fraction of sp³-hybridized carbons (Fsp3) is 0.538. The van der Waals surface area contributed by atoms with Gasteiger partial charge in [0.2, 0.25) is 17.8 Å². The van der Waals surface area contributed by atoms with Crippen LogP contribution in [0.5, 0.6) is 0 Å². The number of ether oxygens (including phenoxy) is 6. The molecule has 13 aromatic rings. The van der Waals surface area contributed by atoms with E-state index in [0.717, 1.165) is 175 Å². The Morgan fingerprint density at radius 2 is 0.640 bits per heavy atom. The number of hydrogen-bond donors (Lipinski definition) is 10. The van der Waals surface area contributed by atoms with E-state index in [-0.39, 0.29) is 76.1 Å². The molecule has 728 valence electrons. The smallest absolute Gasteiger partial charge is 0.381 e. The normalized spacial score (nSPS) is 18.8. The molecule has 3 saturated carbocycles. The maximum atomic E-state index is 13.5. The number of pyridine rings is 2. The lowest BCUT2D eigenvalue weighted by Crippen LogP contribution is -2.34. The highest BCUT2D eigenvalue weighted by atomic mass is 19.4. The molecule has 3 aliphatic carbocycles. The summed E-state index contributed by atoms with van der Waals surface area (Å²) < 4.78 is 195. The Morgan fingerprint density at radius 1 is 0.353 bits per heavy atom. The molecule has 6 saturated heterocycles. The summed E-state index contributed by atoms with van der Waals surface area (Å²) in [5, 5.41) is 32.3. The van der Waals surface area contributed by atoms with Crippen molar-refractivity contribution in [1.82, 2.24) is 109 Å². The van der Waals surface area contributed by atoms with Gasteiger partial charge in [0, 0.05) is 209 Å². The molecule has 0 radical (unpaired) electrons. The number of alkyl halides is 11. The second-order valence-corrected chi connectivity index (χ2v) is 36.5. The van der Waals surface area contributed by atoms with Crippen LogP contribution in [-0.4, -0.2) is 195 Å². The Balaban J connectivity index is 0.000000113. The Bertz CT molecular complexity index is 6490. The van der Waals surface area contributed by atoms with Gasteiger partial charge in [0.05, 0.1) is 11.0 Å². The first kappa shape index (κ1) is 94.4. The molecule has 9 fully saturated rings. The summed E-state index contributed by atoms with van der Waals surface area (Å²) in [6.45, 7) is 8.00. The van der Waals surface area contributed by atoms with Gasteiger partial charge < -0.3 is 38.4 Å². The molecule has 0 bridgehead atoms. The quantitative estimate of drug-likeness (QED) is 0.0299. The van der Waals surface area contributed by atoms with Crippen LogP contribution >= 0.6 is 0 Å². The predicted molar refractivity (Wildman–Crippen MR) is 468 cm³/mol. The average Bonchev–Trinajstić information content (AvgIpc) is 1.63. The lowest BCUT2D eigenvalue weighted by atomic mass is 9.77. The summed E-state index contributed by atoms with van der Waals surface area (Å²) in [5.41, 5.74) is 6.73. The van der Waals surface area contributed by atoms with Crippen molar-refractivity contribution in [2.24, 2.45) is 23.7 Å². The molecule has 0 amide bonds. The Hall–Kier alpha value is -11.9. The molecule has 0 spiro atoms. The topological polar surface area (TPSA) is 414 Å². The lowest BCUT2D eigenvalue weighted by molar-refractivity contribution is -0.142. The number of fused-ring (bicyclic) bond motifs is 2. The first-order valence-corrected chi connectivity index (χ1v) is 46.3. The second kappa shape index (κ2) is 40.4. The SMILES string of the molecule is O=c1c(CC2CCOCC2)c(C2CC(F)(F)C2)[nH]n1-c1nc2ncccc2[nH]1.O=c1c(CC2CCOCC2)c(C2CC2)[nH]n1-c1cc(C(F)(F)F)[nH]n1.O=c1c(CC2CCOCC2)c(C2CC2)[nH]n1-c1nc2ncccc2[nH]1.O=c1c(CC2CCOCC2)c(C2CCOCC2)[nH]n1-c1cc(C(F)(F)F)[nH]n1.O=c1c(CCc2ccc(F)cc2)c(C2CCOCC2)[nH]n1-c1cc(C(F)(F)F)[nH]n1. The van der Waals surface area contributed by atoms with Crippen molar-refractivity contribution in [1.29, 1.82) is 0 Å². The third-order valence-corrected chi connectivity index (χ3v) is 26.9. The number of nitrogens with zero attached hydrogens (tertiary/aromatic N) is 12. The van der Waals surface area contributed by atoms with Crippen molar-refractivity contribution in [3.05, 3.63) is 216 Å². The highest BCUT2D eigenvalue weighted by Gasteiger charge is 2.49. The van der Waals surface area contributed by atoms with Crippen LogP contribution in [0.15, 0.2) is 103 Å². The van der Waals surface area contributed by atoms with Crippen LogP contribution in [0.2, 0.25) is 0 Å². The highest BCUT2D eigenvalue weighted by Crippen LogP contribution is 2.49. The molecule has 45 heteroatoms. The van der Waals surface area contributed by atoms with E-state index in [4.69, 9.17) is 28.4 Å². The minimum Gasteiger partial charge on any atom is -0.381 e. The number of nitrogens with one attached hydrogen (secondary N) is 10. The van der Waals surface area contributed by atoms with Crippen LogP contribution < -0.4 is 27.8 Å². The minimum atomic E-state index is -4.59. The van der Waals surface area contributed by atoms with Crippen molar-refractivity contribution in [2.75, 3.05) is 79.3 Å². The number of hydrogen-bond acceptors (Lipinski definition) is 18. The lowest BCUT2D eigenvalue weighted by Gasteiger charge is -2.35. The number of imidazole rings is 2. The molecule has 6 aliphatic heterocycles. The summed E-state index contributed by atoms with van der Waals surface area (Å²) in [6.07, 6.45) is 7.33. The minimum absolute atomic E-state index is 0.0208. The van der Waals surface area contributed by atoms with Crippen LogP contribution in [0.4, 0.5) is 52.7 Å². The molecule has 1 aromatic carbocycles. The monoisotopic (exact) mass is 1910 g/mol. The zero-order valence-corrected chi connectivity index (χ0v) is 74.1. The fourth-order valence-corrected chi connectivity index (χ4v) is 19.0. The molecule has 18 heterocycles. The molecule has 10 N–H and O–H groups in total. The predicted octanol–water partition coefficient (Wildman–Crippen LogP) is 14.5. The van der Waals surface area contributed by atoms with Gasteiger partial charge in [0.15, 0.2) is 28.7 Å². The van der Waals surface area contributed by atoms with Gasteiger partial charge in [0.25, 0.3) is 27.8 Å². The average molecular weight is 1910 g/mol. The van der Waals surface area contributed by atoms with Crippen LogP contribution in [0, 0.1) is 29.5 Å². The molecule has 22 rings (SSSR count). The van der Waals surface area contributed by atoms with E-state index in [1.54, 1.807) is 35.3 Å². The first-order valence-electron chi connectivity index (χ1n) is 46.3. The van der Waals surface area contributed by atoms with Crippen molar-refractivity contribution < 1.29 is 81.1 Å². The second-order valence-electron chi connectivity index (χ2n) is 36.5. The summed E-state index contributed by atoms with van der Waals surface area (Å²) in [5.74, 6) is -0.274. The third-order valence-electron chi connectivity index (χ3n) is 26.9. The summed E-state index contributed by atoms with van der Waals surface area (Å²) >= 11 is 0. The van der Waals surface area contributed by atoms with Gasteiger partial charge in [-0.15, -0.1) is 0 Å². The van der Waals surface area contributed by atoms with Gasteiger partial charge in [-0.2, -0.15) is 88.2 Å². The van der Waals surface area contributed by atoms with E-state index in [1.807, 2.05) is 33.5 Å². The van der Waals surface area contributed by atoms with Gasteiger partial charge in [-0.1, -0.05) is 12.1 Å². The standard InChI is InChI=1S/C20H20F4N4O2.C19H21F2N5O2.C18H23F3N4O3.C18H21N5O2.C16H19F3N4O2/c21-14-4-1-12(2-5-14)3-6-15-18(13-7-9-30-10-8-13)27-28(19(15)29)17-11-16(25-26-17)20(22,23)24;20-19(21)9-12(10-19)15-13(8-11-3-6-28-7-4-11)17(27)26(25-15)18-23-14-2-1-5-22-16(14)24-18;19-18(20,21)14-10-15(23-22-14)25-17(26)13(9-11-1-5-27-6-2-11)16(24-25)12-3-7-28-8-4-12;24-17-13(10-11-5-8-25-9-6-11)15(12-3-4-12)22-23(17)18-20-14-2-1-7-19-16(14)21-18;17-16(18,19)12-8-13(21-20-12)23-15(24)11(14(22-23)10-1-2-10)7-9-3-5-25-6-4-9/h1-2,4-5,11,13,27H,3,6-10H2,(H,25,26);1-2,5,11-12,25H,3-4,6-10H2,(H,22,23,24);10-12,24H,1-9H2,(H,22,23);1-2,7,11-12,22H,3-6,8-10H2,(H,19,20,21);8-10,22H,1-7H2,(H,20,21). The number of aromatic nitrogens is 22. The molecule has 136 heavy (non-hydrogen) atoms. The Morgan fingerprint density at radius 3 is 0.941 bits per heavy atom. The molecule has 33 nitrogen and oxygen atoms in total. The van der Waals surface area contributed by atoms with Crippen LogP contribution in [-0.2, 0) is 85.5 Å². The van der Waals surface area contributed by atoms with E-state index in [0.29, 0.717) is 209 Å². The van der Waals surface area contributed by atoms with Crippen LogP contribution in [0.3, 0.4) is 0 Å². The van der Waals surface area contributed by atoms with E-state index in [2.05, 4.69) is 70.7 Å². The number of rotatable bonds is 21. The van der Waals surface area contributed by atoms with E-state index >= 15 is 0 Å². The van der Waals surface area contributed by atoms with Crippen molar-refractivity contribution in [2.45, 2.75) is 208 Å². The number of H-pyrrole nitrogens is 10. The van der Waals surface area contributed by atoms with Crippen LogP contribution in [0.1, 0.15) is 224 Å². The molecular formula is C91H104F12N22O11. The number of aryl methyl sites for hydroxylation is 1.